The number of ether oxygens (including phenoxy) is 1. The lowest BCUT2D eigenvalue weighted by atomic mass is 9.92. The molecule has 3 heteroatoms. The van der Waals surface area contributed by atoms with Crippen LogP contribution in [0.25, 0.3) is 0 Å². The number of piperazine rings is 1. The molecule has 2 aliphatic rings. The van der Waals surface area contributed by atoms with E-state index < -0.39 is 0 Å². The summed E-state index contributed by atoms with van der Waals surface area (Å²) >= 11 is 0. The van der Waals surface area contributed by atoms with Gasteiger partial charge in [-0.15, -0.1) is 0 Å². The van der Waals surface area contributed by atoms with Gasteiger partial charge >= 0.3 is 0 Å². The van der Waals surface area contributed by atoms with Gasteiger partial charge in [0.05, 0.1) is 12.2 Å². The fourth-order valence-corrected chi connectivity index (χ4v) is 3.08. The van der Waals surface area contributed by atoms with Gasteiger partial charge < -0.3 is 10.1 Å². The van der Waals surface area contributed by atoms with Crippen molar-refractivity contribution in [2.24, 2.45) is 5.92 Å². The van der Waals surface area contributed by atoms with Crippen molar-refractivity contribution in [3.63, 3.8) is 0 Å². The highest BCUT2D eigenvalue weighted by Crippen LogP contribution is 2.26. The lowest BCUT2D eigenvalue weighted by molar-refractivity contribution is -0.0152. The molecule has 3 atom stereocenters. The Morgan fingerprint density at radius 3 is 2.61 bits per heavy atom. The molecule has 2 heterocycles. The van der Waals surface area contributed by atoms with Crippen LogP contribution in [-0.2, 0) is 4.74 Å². The topological polar surface area (TPSA) is 24.5 Å². The minimum atomic E-state index is 0.251. The SMILES string of the molecule is CC1CCC(CN2CC(C(C)C)NCC2(C)C)O1. The van der Waals surface area contributed by atoms with Crippen LogP contribution in [0.15, 0.2) is 0 Å². The van der Waals surface area contributed by atoms with Crippen molar-refractivity contribution < 1.29 is 4.74 Å². The third kappa shape index (κ3) is 3.25. The van der Waals surface area contributed by atoms with Crippen LogP contribution in [0.5, 0.6) is 0 Å². The molecule has 2 fully saturated rings. The molecule has 2 aliphatic heterocycles. The van der Waals surface area contributed by atoms with E-state index in [1.54, 1.807) is 0 Å². The highest BCUT2D eigenvalue weighted by Gasteiger charge is 2.37. The lowest BCUT2D eigenvalue weighted by Gasteiger charge is -2.48. The standard InChI is InChI=1S/C15H30N2O/c1-11(2)14-9-17(15(4,5)10-16-14)8-13-7-6-12(3)18-13/h11-14,16H,6-10H2,1-5H3. The number of nitrogens with one attached hydrogen (secondary N) is 1. The quantitative estimate of drug-likeness (QED) is 0.836. The second-order valence-electron chi connectivity index (χ2n) is 7.09. The molecule has 0 aromatic carbocycles. The first kappa shape index (κ1) is 14.3. The van der Waals surface area contributed by atoms with E-state index in [4.69, 9.17) is 4.74 Å². The maximum absolute atomic E-state index is 5.99. The van der Waals surface area contributed by atoms with Crippen molar-refractivity contribution >= 4 is 0 Å². The highest BCUT2D eigenvalue weighted by atomic mass is 16.5. The van der Waals surface area contributed by atoms with Gasteiger partial charge in [0, 0.05) is 31.2 Å². The van der Waals surface area contributed by atoms with Crippen molar-refractivity contribution in [2.75, 3.05) is 19.6 Å². The number of hydrogen-bond donors (Lipinski definition) is 1. The molecule has 2 rings (SSSR count). The number of rotatable bonds is 3. The smallest absolute Gasteiger partial charge is 0.0706 e. The van der Waals surface area contributed by atoms with Crippen molar-refractivity contribution in [3.05, 3.63) is 0 Å². The molecule has 3 unspecified atom stereocenters. The minimum Gasteiger partial charge on any atom is -0.374 e. The van der Waals surface area contributed by atoms with E-state index in [-0.39, 0.29) is 5.54 Å². The molecule has 106 valence electrons. The van der Waals surface area contributed by atoms with E-state index >= 15 is 0 Å². The molecule has 18 heavy (non-hydrogen) atoms. The zero-order chi connectivity index (χ0) is 13.3. The Morgan fingerprint density at radius 2 is 2.06 bits per heavy atom. The zero-order valence-electron chi connectivity index (χ0n) is 12.7. The molecular weight excluding hydrogens is 224 g/mol. The first-order valence-electron chi connectivity index (χ1n) is 7.52. The van der Waals surface area contributed by atoms with Crippen LogP contribution >= 0.6 is 0 Å². The Balaban J connectivity index is 1.94. The maximum atomic E-state index is 5.99. The van der Waals surface area contributed by atoms with Crippen LogP contribution in [0.4, 0.5) is 0 Å². The van der Waals surface area contributed by atoms with E-state index in [0.29, 0.717) is 24.2 Å². The molecule has 3 nitrogen and oxygen atoms in total. The Labute approximate surface area is 112 Å². The van der Waals surface area contributed by atoms with E-state index in [1.807, 2.05) is 0 Å². The van der Waals surface area contributed by atoms with E-state index in [2.05, 4.69) is 44.8 Å². The van der Waals surface area contributed by atoms with Crippen LogP contribution in [0, 0.1) is 5.92 Å². The summed E-state index contributed by atoms with van der Waals surface area (Å²) in [6.07, 6.45) is 3.37. The predicted octanol–water partition coefficient (Wildman–Crippen LogP) is 2.26. The molecule has 0 spiro atoms. The second-order valence-corrected chi connectivity index (χ2v) is 7.09. The van der Waals surface area contributed by atoms with Crippen molar-refractivity contribution in [3.8, 4) is 0 Å². The summed E-state index contributed by atoms with van der Waals surface area (Å²) in [5, 5.41) is 3.69. The molecule has 0 aromatic rings. The van der Waals surface area contributed by atoms with Gasteiger partial charge in [-0.25, -0.2) is 0 Å². The van der Waals surface area contributed by atoms with Crippen molar-refractivity contribution in [1.29, 1.82) is 0 Å². The van der Waals surface area contributed by atoms with Crippen LogP contribution < -0.4 is 5.32 Å². The molecule has 2 saturated heterocycles. The maximum Gasteiger partial charge on any atom is 0.0706 e. The number of nitrogens with zero attached hydrogens (tertiary/aromatic N) is 1. The minimum absolute atomic E-state index is 0.251. The van der Waals surface area contributed by atoms with Gasteiger partial charge in [-0.1, -0.05) is 13.8 Å². The van der Waals surface area contributed by atoms with Gasteiger partial charge in [0.25, 0.3) is 0 Å². The summed E-state index contributed by atoms with van der Waals surface area (Å²) in [6.45, 7) is 14.8. The molecular formula is C15H30N2O. The summed E-state index contributed by atoms with van der Waals surface area (Å²) in [5.41, 5.74) is 0.251. The molecule has 0 aromatic heterocycles. The summed E-state index contributed by atoms with van der Waals surface area (Å²) in [7, 11) is 0. The van der Waals surface area contributed by atoms with E-state index in [9.17, 15) is 0 Å². The summed E-state index contributed by atoms with van der Waals surface area (Å²) in [4.78, 5) is 2.64. The third-order valence-corrected chi connectivity index (χ3v) is 4.62. The fourth-order valence-electron chi connectivity index (χ4n) is 3.08. The Hall–Kier alpha value is -0.120. The van der Waals surface area contributed by atoms with E-state index in [0.717, 1.165) is 19.6 Å². The molecule has 0 saturated carbocycles. The summed E-state index contributed by atoms with van der Waals surface area (Å²) < 4.78 is 5.99. The molecule has 0 bridgehead atoms. The fraction of sp³-hybridized carbons (Fsp3) is 1.00. The lowest BCUT2D eigenvalue weighted by Crippen LogP contribution is -2.64. The molecule has 0 amide bonds. The second kappa shape index (κ2) is 5.48. The van der Waals surface area contributed by atoms with Gasteiger partial charge in [-0.05, 0) is 39.5 Å². The van der Waals surface area contributed by atoms with Crippen LogP contribution in [-0.4, -0.2) is 48.3 Å². The Morgan fingerprint density at radius 1 is 1.33 bits per heavy atom. The molecule has 1 N–H and O–H groups in total. The van der Waals surface area contributed by atoms with Crippen molar-refractivity contribution in [1.82, 2.24) is 10.2 Å². The van der Waals surface area contributed by atoms with Crippen LogP contribution in [0.2, 0.25) is 0 Å². The average Bonchev–Trinajstić information content (AvgIpc) is 2.67. The average molecular weight is 254 g/mol. The van der Waals surface area contributed by atoms with Crippen LogP contribution in [0.1, 0.15) is 47.5 Å². The highest BCUT2D eigenvalue weighted by molar-refractivity contribution is 4.95. The largest absolute Gasteiger partial charge is 0.374 e. The summed E-state index contributed by atoms with van der Waals surface area (Å²) in [5.74, 6) is 0.701. The van der Waals surface area contributed by atoms with Crippen LogP contribution in [0.3, 0.4) is 0 Å². The molecule has 0 radical (unpaired) electrons. The van der Waals surface area contributed by atoms with Gasteiger partial charge in [0.2, 0.25) is 0 Å². The van der Waals surface area contributed by atoms with Gasteiger partial charge in [0.1, 0.15) is 0 Å². The summed E-state index contributed by atoms with van der Waals surface area (Å²) in [6, 6.07) is 0.622. The van der Waals surface area contributed by atoms with E-state index in [1.165, 1.54) is 12.8 Å². The number of hydrogen-bond acceptors (Lipinski definition) is 3. The first-order valence-corrected chi connectivity index (χ1v) is 7.52. The third-order valence-electron chi connectivity index (χ3n) is 4.62. The first-order chi connectivity index (χ1) is 8.38. The monoisotopic (exact) mass is 254 g/mol. The van der Waals surface area contributed by atoms with Gasteiger partial charge in [-0.2, -0.15) is 0 Å². The van der Waals surface area contributed by atoms with Gasteiger partial charge in [-0.3, -0.25) is 4.90 Å². The Kier molecular flexibility index (Phi) is 4.35. The van der Waals surface area contributed by atoms with Gasteiger partial charge in [0.15, 0.2) is 0 Å². The Bertz CT molecular complexity index is 278. The van der Waals surface area contributed by atoms with Crippen molar-refractivity contribution in [2.45, 2.75) is 71.2 Å². The normalized spacial score (nSPS) is 37.3. The molecule has 0 aliphatic carbocycles. The zero-order valence-corrected chi connectivity index (χ0v) is 12.7. The predicted molar refractivity (Wildman–Crippen MR) is 75.8 cm³/mol.